The molecule has 0 spiro atoms. The van der Waals surface area contributed by atoms with Crippen molar-refractivity contribution in [3.8, 4) is 0 Å². The van der Waals surface area contributed by atoms with Crippen LogP contribution in [-0.4, -0.2) is 20.6 Å². The van der Waals surface area contributed by atoms with E-state index >= 15 is 0 Å². The molecule has 18 heavy (non-hydrogen) atoms. The minimum Gasteiger partial charge on any atom is -0.465 e. The van der Waals surface area contributed by atoms with E-state index in [1.165, 1.54) is 18.4 Å². The minimum atomic E-state index is -1.04. The number of hydrogen-bond acceptors (Lipinski definition) is 2. The number of carboxylic acid groups (broad SMARTS) is 1. The van der Waals surface area contributed by atoms with E-state index in [4.69, 9.17) is 5.11 Å². The lowest BCUT2D eigenvalue weighted by atomic mass is 10.2. The molecule has 1 amide bonds. The van der Waals surface area contributed by atoms with Gasteiger partial charge in [0.2, 0.25) is 0 Å². The summed E-state index contributed by atoms with van der Waals surface area (Å²) in [4.78, 5) is 14.8. The zero-order valence-electron chi connectivity index (χ0n) is 9.56. The van der Waals surface area contributed by atoms with Crippen LogP contribution in [0, 0.1) is 0 Å². The lowest BCUT2D eigenvalue weighted by Gasteiger charge is -2.01. The Morgan fingerprint density at radius 1 is 1.56 bits per heavy atom. The highest BCUT2D eigenvalue weighted by molar-refractivity contribution is 9.10. The van der Waals surface area contributed by atoms with Gasteiger partial charge in [-0.05, 0) is 46.3 Å². The summed E-state index contributed by atoms with van der Waals surface area (Å²) in [5, 5.41) is 10.9. The van der Waals surface area contributed by atoms with Crippen molar-refractivity contribution in [2.45, 2.75) is 25.3 Å². The maximum atomic E-state index is 10.5. The SMILES string of the molecule is O=C(O)NCc1cn2cc(C3CC3)cc(Br)c2n1. The number of aromatic nitrogens is 2. The topological polar surface area (TPSA) is 66.6 Å². The summed E-state index contributed by atoms with van der Waals surface area (Å²) in [5.74, 6) is 0.675. The van der Waals surface area contributed by atoms with E-state index in [1.54, 1.807) is 0 Å². The van der Waals surface area contributed by atoms with Crippen LogP contribution < -0.4 is 5.32 Å². The van der Waals surface area contributed by atoms with Gasteiger partial charge in [-0.3, -0.25) is 0 Å². The van der Waals surface area contributed by atoms with Gasteiger partial charge in [0.05, 0.1) is 16.7 Å². The van der Waals surface area contributed by atoms with Crippen molar-refractivity contribution in [3.63, 3.8) is 0 Å². The Kier molecular flexibility index (Phi) is 2.74. The molecule has 0 saturated heterocycles. The van der Waals surface area contributed by atoms with Crippen LogP contribution in [-0.2, 0) is 6.54 Å². The van der Waals surface area contributed by atoms with Crippen LogP contribution in [0.5, 0.6) is 0 Å². The van der Waals surface area contributed by atoms with E-state index < -0.39 is 6.09 Å². The van der Waals surface area contributed by atoms with E-state index in [-0.39, 0.29) is 6.54 Å². The van der Waals surface area contributed by atoms with E-state index in [0.717, 1.165) is 10.1 Å². The van der Waals surface area contributed by atoms with E-state index in [9.17, 15) is 4.79 Å². The van der Waals surface area contributed by atoms with E-state index in [2.05, 4.69) is 38.5 Å². The molecule has 1 aliphatic carbocycles. The van der Waals surface area contributed by atoms with Crippen LogP contribution in [0.1, 0.15) is 30.0 Å². The van der Waals surface area contributed by atoms with Gasteiger partial charge >= 0.3 is 6.09 Å². The highest BCUT2D eigenvalue weighted by Gasteiger charge is 2.24. The zero-order chi connectivity index (χ0) is 12.7. The van der Waals surface area contributed by atoms with Gasteiger partial charge < -0.3 is 14.8 Å². The Morgan fingerprint density at radius 2 is 2.33 bits per heavy atom. The molecule has 94 valence electrons. The lowest BCUT2D eigenvalue weighted by molar-refractivity contribution is 0.194. The Hall–Kier alpha value is -1.56. The predicted molar refractivity (Wildman–Crippen MR) is 69.7 cm³/mol. The molecule has 0 radical (unpaired) electrons. The molecular formula is C12H12BrN3O2. The smallest absolute Gasteiger partial charge is 0.404 e. The molecule has 1 saturated carbocycles. The van der Waals surface area contributed by atoms with Gasteiger partial charge in [0.1, 0.15) is 0 Å². The van der Waals surface area contributed by atoms with E-state index in [0.29, 0.717) is 11.6 Å². The van der Waals surface area contributed by atoms with Crippen molar-refractivity contribution in [2.75, 3.05) is 0 Å². The Labute approximate surface area is 112 Å². The molecule has 0 unspecified atom stereocenters. The molecule has 2 N–H and O–H groups in total. The first-order chi connectivity index (χ1) is 8.63. The maximum Gasteiger partial charge on any atom is 0.404 e. The highest BCUT2D eigenvalue weighted by Crippen LogP contribution is 2.41. The zero-order valence-corrected chi connectivity index (χ0v) is 11.1. The van der Waals surface area contributed by atoms with Crippen molar-refractivity contribution in [2.24, 2.45) is 0 Å². The average molecular weight is 310 g/mol. The summed E-state index contributed by atoms with van der Waals surface area (Å²) >= 11 is 3.52. The van der Waals surface area contributed by atoms with Crippen LogP contribution in [0.2, 0.25) is 0 Å². The molecule has 2 aromatic rings. The number of nitrogens with one attached hydrogen (secondary N) is 1. The first-order valence-electron chi connectivity index (χ1n) is 5.77. The summed E-state index contributed by atoms with van der Waals surface area (Å²) in [7, 11) is 0. The second kappa shape index (κ2) is 4.28. The molecule has 6 heteroatoms. The lowest BCUT2D eigenvalue weighted by Crippen LogP contribution is -2.19. The van der Waals surface area contributed by atoms with Crippen LogP contribution in [0.4, 0.5) is 4.79 Å². The predicted octanol–water partition coefficient (Wildman–Crippen LogP) is 2.74. The second-order valence-electron chi connectivity index (χ2n) is 4.52. The van der Waals surface area contributed by atoms with Gasteiger partial charge in [0, 0.05) is 12.4 Å². The molecule has 0 bridgehead atoms. The quantitative estimate of drug-likeness (QED) is 0.916. The average Bonchev–Trinajstić information content (AvgIpc) is 3.07. The summed E-state index contributed by atoms with van der Waals surface area (Å²) in [6.45, 7) is 0.224. The summed E-state index contributed by atoms with van der Waals surface area (Å²) in [6, 6.07) is 2.11. The molecule has 1 fully saturated rings. The Balaban J connectivity index is 1.95. The standard InChI is InChI=1S/C12H12BrN3O2/c13-10-3-8(7-1-2-7)5-16-6-9(15-11(10)16)4-14-12(17)18/h3,5-7,14H,1-2,4H2,(H,17,18). The number of halogens is 1. The number of hydrogen-bond donors (Lipinski definition) is 2. The third-order valence-corrected chi connectivity index (χ3v) is 3.63. The number of pyridine rings is 1. The summed E-state index contributed by atoms with van der Waals surface area (Å²) in [6.07, 6.45) is 5.40. The number of nitrogens with zero attached hydrogens (tertiary/aromatic N) is 2. The number of rotatable bonds is 3. The van der Waals surface area contributed by atoms with Gasteiger partial charge in [0.15, 0.2) is 5.65 Å². The minimum absolute atomic E-state index is 0.224. The third kappa shape index (κ3) is 2.20. The normalized spacial score (nSPS) is 14.9. The fourth-order valence-electron chi connectivity index (χ4n) is 2.02. The summed E-state index contributed by atoms with van der Waals surface area (Å²) < 4.78 is 2.91. The molecule has 2 heterocycles. The monoisotopic (exact) mass is 309 g/mol. The van der Waals surface area contributed by atoms with Gasteiger partial charge in [-0.2, -0.15) is 0 Å². The molecule has 0 aromatic carbocycles. The van der Waals surface area contributed by atoms with E-state index in [1.807, 2.05) is 10.6 Å². The molecule has 3 rings (SSSR count). The first-order valence-corrected chi connectivity index (χ1v) is 6.56. The number of imidazole rings is 1. The molecule has 1 aliphatic rings. The van der Waals surface area contributed by atoms with Gasteiger partial charge in [-0.15, -0.1) is 0 Å². The molecule has 0 aliphatic heterocycles. The maximum absolute atomic E-state index is 10.5. The third-order valence-electron chi connectivity index (χ3n) is 3.05. The number of amides is 1. The number of fused-ring (bicyclic) bond motifs is 1. The second-order valence-corrected chi connectivity index (χ2v) is 5.37. The van der Waals surface area contributed by atoms with Gasteiger partial charge in [-0.25, -0.2) is 9.78 Å². The fraction of sp³-hybridized carbons (Fsp3) is 0.333. The van der Waals surface area contributed by atoms with Crippen LogP contribution in [0.15, 0.2) is 22.9 Å². The fourth-order valence-corrected chi connectivity index (χ4v) is 2.58. The molecular weight excluding hydrogens is 298 g/mol. The Morgan fingerprint density at radius 3 is 3.00 bits per heavy atom. The molecule has 2 aromatic heterocycles. The van der Waals surface area contributed by atoms with Crippen molar-refractivity contribution in [1.82, 2.24) is 14.7 Å². The Bertz CT molecular complexity index is 619. The molecule has 5 nitrogen and oxygen atoms in total. The van der Waals surface area contributed by atoms with Gasteiger partial charge in [-0.1, -0.05) is 0 Å². The highest BCUT2D eigenvalue weighted by atomic mass is 79.9. The van der Waals surface area contributed by atoms with Crippen LogP contribution in [0.3, 0.4) is 0 Å². The number of carbonyl (C=O) groups is 1. The van der Waals surface area contributed by atoms with Crippen LogP contribution in [0.25, 0.3) is 5.65 Å². The van der Waals surface area contributed by atoms with Gasteiger partial charge in [0.25, 0.3) is 0 Å². The molecule has 0 atom stereocenters. The van der Waals surface area contributed by atoms with Crippen LogP contribution >= 0.6 is 15.9 Å². The summed E-state index contributed by atoms with van der Waals surface area (Å²) in [5.41, 5.74) is 2.84. The first kappa shape index (κ1) is 11.5. The van der Waals surface area contributed by atoms with Crippen molar-refractivity contribution in [3.05, 3.63) is 34.2 Å². The van der Waals surface area contributed by atoms with Crippen molar-refractivity contribution >= 4 is 27.7 Å². The largest absolute Gasteiger partial charge is 0.465 e. The van der Waals surface area contributed by atoms with Crippen molar-refractivity contribution in [1.29, 1.82) is 0 Å². The van der Waals surface area contributed by atoms with Crippen molar-refractivity contribution < 1.29 is 9.90 Å².